The van der Waals surface area contributed by atoms with E-state index in [0.717, 1.165) is 40.9 Å². The van der Waals surface area contributed by atoms with Gasteiger partial charge in [0.15, 0.2) is 0 Å². The average Bonchev–Trinajstić information content (AvgIpc) is 3.00. The van der Waals surface area contributed by atoms with E-state index in [-0.39, 0.29) is 5.69 Å². The Morgan fingerprint density at radius 1 is 1.30 bits per heavy atom. The molecule has 0 saturated heterocycles. The number of nitrogens with one attached hydrogen (secondary N) is 2. The molecule has 1 aromatic carbocycles. The van der Waals surface area contributed by atoms with Crippen LogP contribution >= 0.6 is 0 Å². The van der Waals surface area contributed by atoms with Gasteiger partial charge in [0.1, 0.15) is 5.82 Å². The molecule has 4 rings (SSSR count). The fourth-order valence-corrected chi connectivity index (χ4v) is 2.87. The fraction of sp³-hybridized carbons (Fsp3) is 0.200. The highest BCUT2D eigenvalue weighted by Gasteiger charge is 2.18. The van der Waals surface area contributed by atoms with E-state index in [1.807, 2.05) is 24.4 Å². The van der Waals surface area contributed by atoms with Gasteiger partial charge in [-0.25, -0.2) is 9.78 Å². The Morgan fingerprint density at radius 3 is 3.10 bits per heavy atom. The summed E-state index contributed by atoms with van der Waals surface area (Å²) in [6.45, 7) is 1.01. The number of rotatable bonds is 1. The summed E-state index contributed by atoms with van der Waals surface area (Å²) in [4.78, 5) is 23.8. The van der Waals surface area contributed by atoms with Crippen molar-refractivity contribution in [1.29, 1.82) is 0 Å². The second kappa shape index (κ2) is 3.96. The van der Waals surface area contributed by atoms with Gasteiger partial charge in [0.05, 0.1) is 11.0 Å². The molecule has 2 aromatic heterocycles. The summed E-state index contributed by atoms with van der Waals surface area (Å²) in [7, 11) is 2.06. The lowest BCUT2D eigenvalue weighted by Crippen LogP contribution is -2.13. The number of para-hydroxylation sites is 1. The molecule has 0 bridgehead atoms. The molecule has 1 aliphatic rings. The Bertz CT molecular complexity index is 862. The van der Waals surface area contributed by atoms with Crippen LogP contribution in [-0.2, 0) is 6.42 Å². The minimum Gasteiger partial charge on any atom is -0.359 e. The van der Waals surface area contributed by atoms with Crippen molar-refractivity contribution in [2.24, 2.45) is 0 Å². The molecule has 2 N–H and O–H groups in total. The minimum atomic E-state index is -0.179. The molecule has 0 amide bonds. The number of anilines is 1. The van der Waals surface area contributed by atoms with Gasteiger partial charge in [-0.2, -0.15) is 0 Å². The Balaban J connectivity index is 1.93. The first kappa shape index (κ1) is 11.3. The third kappa shape index (κ3) is 1.56. The molecule has 0 radical (unpaired) electrons. The van der Waals surface area contributed by atoms with Crippen molar-refractivity contribution in [2.45, 2.75) is 6.42 Å². The topological polar surface area (TPSA) is 64.8 Å². The van der Waals surface area contributed by atoms with Gasteiger partial charge in [0.25, 0.3) is 0 Å². The number of hydrogen-bond donors (Lipinski definition) is 2. The lowest BCUT2D eigenvalue weighted by atomic mass is 10.0. The van der Waals surface area contributed by atoms with Crippen LogP contribution in [0.1, 0.15) is 5.56 Å². The highest BCUT2D eigenvalue weighted by molar-refractivity contribution is 5.91. The van der Waals surface area contributed by atoms with Crippen LogP contribution < -0.4 is 10.6 Å². The van der Waals surface area contributed by atoms with Gasteiger partial charge in [-0.15, -0.1) is 0 Å². The van der Waals surface area contributed by atoms with Crippen molar-refractivity contribution in [3.63, 3.8) is 0 Å². The van der Waals surface area contributed by atoms with Gasteiger partial charge in [0.2, 0.25) is 0 Å². The smallest absolute Gasteiger partial charge is 0.323 e. The highest BCUT2D eigenvalue weighted by Crippen LogP contribution is 2.31. The van der Waals surface area contributed by atoms with Crippen LogP contribution in [0.5, 0.6) is 0 Å². The van der Waals surface area contributed by atoms with Gasteiger partial charge in [-0.05, 0) is 24.1 Å². The van der Waals surface area contributed by atoms with Crippen LogP contribution in [0.4, 0.5) is 5.82 Å². The van der Waals surface area contributed by atoms with Crippen LogP contribution in [0, 0.1) is 0 Å². The first-order valence-corrected chi connectivity index (χ1v) is 6.64. The number of imidazole rings is 1. The van der Waals surface area contributed by atoms with Gasteiger partial charge >= 0.3 is 5.69 Å². The molecular formula is C15H14N4O. The third-order valence-electron chi connectivity index (χ3n) is 3.88. The number of nitrogens with zero attached hydrogens (tertiary/aromatic N) is 2. The fourth-order valence-electron chi connectivity index (χ4n) is 2.87. The molecule has 0 aliphatic carbocycles. The maximum atomic E-state index is 11.5. The third-order valence-corrected chi connectivity index (χ3v) is 3.88. The van der Waals surface area contributed by atoms with Crippen molar-refractivity contribution >= 4 is 16.9 Å². The van der Waals surface area contributed by atoms with Crippen molar-refractivity contribution in [2.75, 3.05) is 18.5 Å². The van der Waals surface area contributed by atoms with Gasteiger partial charge in [0, 0.05) is 30.9 Å². The maximum absolute atomic E-state index is 11.5. The van der Waals surface area contributed by atoms with Gasteiger partial charge in [-0.3, -0.25) is 0 Å². The molecule has 20 heavy (non-hydrogen) atoms. The van der Waals surface area contributed by atoms with E-state index in [4.69, 9.17) is 0 Å². The zero-order chi connectivity index (χ0) is 13.7. The van der Waals surface area contributed by atoms with Crippen LogP contribution in [0.3, 0.4) is 0 Å². The Hall–Kier alpha value is -2.56. The molecule has 3 aromatic rings. The molecule has 0 spiro atoms. The first-order chi connectivity index (χ1) is 9.72. The molecule has 0 saturated carbocycles. The normalized spacial score (nSPS) is 13.9. The number of H-pyrrole nitrogens is 2. The molecule has 3 heterocycles. The molecular weight excluding hydrogens is 252 g/mol. The summed E-state index contributed by atoms with van der Waals surface area (Å²) >= 11 is 0. The quantitative estimate of drug-likeness (QED) is 0.707. The molecule has 5 heteroatoms. The van der Waals surface area contributed by atoms with E-state index in [0.29, 0.717) is 0 Å². The van der Waals surface area contributed by atoms with Gasteiger partial charge in [-0.1, -0.05) is 12.1 Å². The molecule has 0 unspecified atom stereocenters. The summed E-state index contributed by atoms with van der Waals surface area (Å²) in [5, 5.41) is 0. The van der Waals surface area contributed by atoms with Crippen molar-refractivity contribution in [3.05, 3.63) is 46.5 Å². The molecule has 100 valence electrons. The van der Waals surface area contributed by atoms with Gasteiger partial charge < -0.3 is 14.9 Å². The number of aromatic amines is 2. The second-order valence-electron chi connectivity index (χ2n) is 5.19. The van der Waals surface area contributed by atoms with E-state index < -0.39 is 0 Å². The summed E-state index contributed by atoms with van der Waals surface area (Å²) in [6, 6.07) is 8.02. The van der Waals surface area contributed by atoms with Crippen LogP contribution in [0.2, 0.25) is 0 Å². The number of likely N-dealkylation sites (N-methyl/N-ethyl adjacent to an activating group) is 1. The Kier molecular flexibility index (Phi) is 2.24. The average molecular weight is 266 g/mol. The standard InChI is InChI=1S/C15H14N4O/c1-19-6-5-9-7-10(8-16-14(9)19)11-3-2-4-12-13(11)18-15(20)17-12/h2-4,7-8H,5-6H2,1H3,(H2,17,18,20). The number of fused-ring (bicyclic) bond motifs is 2. The maximum Gasteiger partial charge on any atom is 0.323 e. The molecule has 5 nitrogen and oxygen atoms in total. The van der Waals surface area contributed by atoms with Crippen molar-refractivity contribution in [1.82, 2.24) is 15.0 Å². The zero-order valence-electron chi connectivity index (χ0n) is 11.1. The second-order valence-corrected chi connectivity index (χ2v) is 5.19. The number of hydrogen-bond acceptors (Lipinski definition) is 3. The molecule has 1 aliphatic heterocycles. The summed E-state index contributed by atoms with van der Waals surface area (Å²) < 4.78 is 0. The zero-order valence-corrected chi connectivity index (χ0v) is 11.1. The Labute approximate surface area is 115 Å². The predicted molar refractivity (Wildman–Crippen MR) is 79.1 cm³/mol. The number of aromatic nitrogens is 3. The summed E-state index contributed by atoms with van der Waals surface area (Å²) in [5.74, 6) is 1.06. The van der Waals surface area contributed by atoms with E-state index in [1.165, 1.54) is 5.56 Å². The van der Waals surface area contributed by atoms with Crippen LogP contribution in [0.15, 0.2) is 35.3 Å². The molecule has 0 fully saturated rings. The molecule has 0 atom stereocenters. The lowest BCUT2D eigenvalue weighted by molar-refractivity contribution is 0.945. The minimum absolute atomic E-state index is 0.179. The summed E-state index contributed by atoms with van der Waals surface area (Å²) in [5.41, 5.74) is 4.79. The lowest BCUT2D eigenvalue weighted by Gasteiger charge is -2.11. The van der Waals surface area contributed by atoms with Crippen molar-refractivity contribution < 1.29 is 0 Å². The predicted octanol–water partition coefficient (Wildman–Crippen LogP) is 1.91. The van der Waals surface area contributed by atoms with E-state index in [2.05, 4.69) is 33.0 Å². The largest absolute Gasteiger partial charge is 0.359 e. The van der Waals surface area contributed by atoms with Crippen LogP contribution in [-0.4, -0.2) is 28.5 Å². The van der Waals surface area contributed by atoms with E-state index >= 15 is 0 Å². The SMILES string of the molecule is CN1CCc2cc(-c3cccc4[nH]c(=O)[nH]c34)cnc21. The Morgan fingerprint density at radius 2 is 2.20 bits per heavy atom. The van der Waals surface area contributed by atoms with Crippen LogP contribution in [0.25, 0.3) is 22.2 Å². The van der Waals surface area contributed by atoms with Crippen molar-refractivity contribution in [3.8, 4) is 11.1 Å². The monoisotopic (exact) mass is 266 g/mol. The summed E-state index contributed by atoms with van der Waals surface area (Å²) in [6.07, 6.45) is 2.90. The number of pyridine rings is 1. The van der Waals surface area contributed by atoms with E-state index in [9.17, 15) is 4.79 Å². The first-order valence-electron chi connectivity index (χ1n) is 6.64. The van der Waals surface area contributed by atoms with E-state index in [1.54, 1.807) is 0 Å². The highest BCUT2D eigenvalue weighted by atomic mass is 16.1. The number of benzene rings is 1.